The lowest BCUT2D eigenvalue weighted by molar-refractivity contribution is 0.0945. The summed E-state index contributed by atoms with van der Waals surface area (Å²) >= 11 is 1.22. The van der Waals surface area contributed by atoms with Crippen LogP contribution in [0.15, 0.2) is 0 Å². The number of aliphatic hydroxyl groups is 1. The molecule has 80 valence electrons. The average Bonchev–Trinajstić information content (AvgIpc) is 2.41. The summed E-state index contributed by atoms with van der Waals surface area (Å²) in [5.74, 6) is 0.912. The van der Waals surface area contributed by atoms with Gasteiger partial charge in [0.05, 0.1) is 12.7 Å². The summed E-state index contributed by atoms with van der Waals surface area (Å²) < 4.78 is 9.00. The van der Waals surface area contributed by atoms with Crippen molar-refractivity contribution in [2.75, 3.05) is 24.7 Å². The van der Waals surface area contributed by atoms with Gasteiger partial charge in [0.1, 0.15) is 0 Å². The maximum absolute atomic E-state index is 9.50. The molecule has 0 spiro atoms. The number of nitrogens with one attached hydrogen (secondary N) is 1. The topological polar surface area (TPSA) is 80.4 Å². The lowest BCUT2D eigenvalue weighted by Crippen LogP contribution is -2.29. The Morgan fingerprint density at radius 1 is 1.64 bits per heavy atom. The van der Waals surface area contributed by atoms with Gasteiger partial charge in [-0.2, -0.15) is 4.37 Å². The Hall–Kier alpha value is -1.01. The summed E-state index contributed by atoms with van der Waals surface area (Å²) in [5, 5.41) is 13.3. The van der Waals surface area contributed by atoms with Gasteiger partial charge in [-0.05, 0) is 25.4 Å². The number of nitrogens with two attached hydrogens (primary N) is 1. The number of aromatic nitrogens is 1. The van der Waals surface area contributed by atoms with Crippen LogP contribution in [0.3, 0.4) is 0 Å². The molecule has 0 radical (unpaired) electrons. The summed E-state index contributed by atoms with van der Waals surface area (Å²) in [4.78, 5) is 0. The highest BCUT2D eigenvalue weighted by molar-refractivity contribution is 7.11. The number of methoxy groups -OCH3 is 1. The average molecular weight is 217 g/mol. The first-order chi connectivity index (χ1) is 6.44. The molecular weight excluding hydrogens is 202 g/mol. The quantitative estimate of drug-likeness (QED) is 0.698. The molecule has 14 heavy (non-hydrogen) atoms. The van der Waals surface area contributed by atoms with E-state index in [0.717, 1.165) is 5.00 Å². The van der Waals surface area contributed by atoms with Crippen molar-refractivity contribution < 1.29 is 9.84 Å². The van der Waals surface area contributed by atoms with Crippen LogP contribution in [0.1, 0.15) is 13.8 Å². The molecule has 0 aliphatic heterocycles. The first-order valence-corrected chi connectivity index (χ1v) is 4.97. The van der Waals surface area contributed by atoms with Crippen molar-refractivity contribution in [1.29, 1.82) is 0 Å². The van der Waals surface area contributed by atoms with Crippen molar-refractivity contribution in [3.63, 3.8) is 0 Å². The highest BCUT2D eigenvalue weighted by Gasteiger charge is 2.16. The molecule has 1 heterocycles. The monoisotopic (exact) mass is 217 g/mol. The van der Waals surface area contributed by atoms with E-state index in [1.807, 2.05) is 0 Å². The molecule has 6 heteroatoms. The highest BCUT2D eigenvalue weighted by Crippen LogP contribution is 2.34. The maximum Gasteiger partial charge on any atom is 0.197 e. The smallest absolute Gasteiger partial charge is 0.197 e. The molecule has 0 saturated carbocycles. The van der Waals surface area contributed by atoms with Gasteiger partial charge in [0, 0.05) is 6.54 Å². The van der Waals surface area contributed by atoms with Crippen LogP contribution in [0.4, 0.5) is 10.8 Å². The molecule has 0 aliphatic carbocycles. The van der Waals surface area contributed by atoms with Gasteiger partial charge < -0.3 is 20.9 Å². The van der Waals surface area contributed by atoms with E-state index in [0.29, 0.717) is 18.1 Å². The van der Waals surface area contributed by atoms with Crippen LogP contribution in [-0.4, -0.2) is 28.7 Å². The second kappa shape index (κ2) is 4.02. The van der Waals surface area contributed by atoms with Crippen LogP contribution < -0.4 is 15.8 Å². The fourth-order valence-corrected chi connectivity index (χ4v) is 1.58. The standard InChI is InChI=1S/C8H15N3O2S/c1-8(2,12)4-10-7-5(13-3)6(9)11-14-7/h10,12H,4H2,1-3H3,(H2,9,11). The Morgan fingerprint density at radius 3 is 2.79 bits per heavy atom. The molecule has 0 unspecified atom stereocenters. The summed E-state index contributed by atoms with van der Waals surface area (Å²) in [6, 6.07) is 0. The number of hydrogen-bond donors (Lipinski definition) is 3. The number of nitrogen functional groups attached to an aromatic ring is 1. The van der Waals surface area contributed by atoms with Crippen LogP contribution in [-0.2, 0) is 0 Å². The van der Waals surface area contributed by atoms with E-state index in [9.17, 15) is 5.11 Å². The van der Waals surface area contributed by atoms with Crippen molar-refractivity contribution in [2.45, 2.75) is 19.4 Å². The normalized spacial score (nSPS) is 11.4. The van der Waals surface area contributed by atoms with Gasteiger partial charge in [0.15, 0.2) is 16.6 Å². The molecule has 0 amide bonds. The third kappa shape index (κ3) is 2.74. The van der Waals surface area contributed by atoms with Crippen LogP contribution in [0.25, 0.3) is 0 Å². The van der Waals surface area contributed by atoms with Crippen LogP contribution >= 0.6 is 11.5 Å². The molecule has 0 fully saturated rings. The van der Waals surface area contributed by atoms with E-state index in [-0.39, 0.29) is 0 Å². The Bertz CT molecular complexity index is 306. The molecule has 0 atom stereocenters. The number of rotatable bonds is 4. The van der Waals surface area contributed by atoms with Gasteiger partial charge in [-0.1, -0.05) is 0 Å². The zero-order valence-corrected chi connectivity index (χ0v) is 9.31. The van der Waals surface area contributed by atoms with Crippen LogP contribution in [0.5, 0.6) is 5.75 Å². The van der Waals surface area contributed by atoms with E-state index in [1.54, 1.807) is 13.8 Å². The molecule has 1 rings (SSSR count). The van der Waals surface area contributed by atoms with Gasteiger partial charge in [-0.3, -0.25) is 0 Å². The third-order valence-corrected chi connectivity index (χ3v) is 2.36. The fourth-order valence-electron chi connectivity index (χ4n) is 0.900. The summed E-state index contributed by atoms with van der Waals surface area (Å²) in [6.45, 7) is 3.86. The molecule has 0 saturated heterocycles. The second-order valence-electron chi connectivity index (χ2n) is 3.60. The highest BCUT2D eigenvalue weighted by atomic mass is 32.1. The van der Waals surface area contributed by atoms with E-state index in [1.165, 1.54) is 18.6 Å². The van der Waals surface area contributed by atoms with Gasteiger partial charge >= 0.3 is 0 Å². The summed E-state index contributed by atoms with van der Waals surface area (Å²) in [5.41, 5.74) is 4.79. The zero-order valence-electron chi connectivity index (χ0n) is 8.50. The molecule has 0 aliphatic rings. The van der Waals surface area contributed by atoms with E-state index in [4.69, 9.17) is 10.5 Å². The van der Waals surface area contributed by atoms with Gasteiger partial charge in [0.2, 0.25) is 0 Å². The Morgan fingerprint density at radius 2 is 2.29 bits per heavy atom. The predicted molar refractivity (Wildman–Crippen MR) is 57.9 cm³/mol. The molecule has 0 aromatic carbocycles. The minimum atomic E-state index is -0.774. The molecular formula is C8H15N3O2S. The first-order valence-electron chi connectivity index (χ1n) is 4.19. The number of anilines is 2. The van der Waals surface area contributed by atoms with Gasteiger partial charge in [-0.15, -0.1) is 0 Å². The van der Waals surface area contributed by atoms with Gasteiger partial charge in [-0.25, -0.2) is 0 Å². The van der Waals surface area contributed by atoms with Crippen molar-refractivity contribution in [3.05, 3.63) is 0 Å². The predicted octanol–water partition coefficient (Wildman–Crippen LogP) is 0.917. The van der Waals surface area contributed by atoms with Crippen molar-refractivity contribution in [1.82, 2.24) is 4.37 Å². The summed E-state index contributed by atoms with van der Waals surface area (Å²) in [7, 11) is 1.54. The lowest BCUT2D eigenvalue weighted by Gasteiger charge is -2.17. The summed E-state index contributed by atoms with van der Waals surface area (Å²) in [6.07, 6.45) is 0. The molecule has 1 aromatic heterocycles. The SMILES string of the molecule is COc1c(N)nsc1NCC(C)(C)O. The van der Waals surface area contributed by atoms with Gasteiger partial charge in [0.25, 0.3) is 0 Å². The minimum Gasteiger partial charge on any atom is -0.490 e. The molecule has 5 nitrogen and oxygen atoms in total. The minimum absolute atomic E-state index is 0.371. The van der Waals surface area contributed by atoms with Crippen LogP contribution in [0.2, 0.25) is 0 Å². The van der Waals surface area contributed by atoms with E-state index in [2.05, 4.69) is 9.69 Å². The first kappa shape index (κ1) is 11.1. The van der Waals surface area contributed by atoms with E-state index >= 15 is 0 Å². The Labute approximate surface area is 87.1 Å². The second-order valence-corrected chi connectivity index (χ2v) is 4.37. The largest absolute Gasteiger partial charge is 0.490 e. The molecule has 0 bridgehead atoms. The fraction of sp³-hybridized carbons (Fsp3) is 0.625. The molecule has 1 aromatic rings. The number of nitrogens with zero attached hydrogens (tertiary/aromatic N) is 1. The maximum atomic E-state index is 9.50. The molecule has 4 N–H and O–H groups in total. The third-order valence-electron chi connectivity index (χ3n) is 1.56. The van der Waals surface area contributed by atoms with E-state index < -0.39 is 5.60 Å². The Balaban J connectivity index is 2.67. The van der Waals surface area contributed by atoms with Crippen molar-refractivity contribution >= 4 is 22.4 Å². The number of hydrogen-bond acceptors (Lipinski definition) is 6. The Kier molecular flexibility index (Phi) is 3.17. The lowest BCUT2D eigenvalue weighted by atomic mass is 10.1. The van der Waals surface area contributed by atoms with Crippen LogP contribution in [0, 0.1) is 0 Å². The van der Waals surface area contributed by atoms with Crippen molar-refractivity contribution in [2.24, 2.45) is 0 Å². The number of ether oxygens (including phenoxy) is 1. The zero-order chi connectivity index (χ0) is 10.8. The van der Waals surface area contributed by atoms with Crippen molar-refractivity contribution in [3.8, 4) is 5.75 Å².